The lowest BCUT2D eigenvalue weighted by atomic mass is 10.1. The van der Waals surface area contributed by atoms with Crippen molar-refractivity contribution in [2.45, 2.75) is 51.9 Å². The van der Waals surface area contributed by atoms with Crippen LogP contribution in [0, 0.1) is 5.82 Å². The summed E-state index contributed by atoms with van der Waals surface area (Å²) in [6.07, 6.45) is 7.96. The van der Waals surface area contributed by atoms with Crippen LogP contribution >= 0.6 is 0 Å². The summed E-state index contributed by atoms with van der Waals surface area (Å²) >= 11 is 0. The van der Waals surface area contributed by atoms with Gasteiger partial charge in [-0.1, -0.05) is 45.1 Å². The molecule has 0 radical (unpaired) electrons. The van der Waals surface area contributed by atoms with Gasteiger partial charge in [0.25, 0.3) is 0 Å². The molecule has 1 rings (SSSR count). The number of halogens is 1. The maximum Gasteiger partial charge on any atom is 0.165 e. The molecule has 19 heavy (non-hydrogen) atoms. The predicted octanol–water partition coefficient (Wildman–Crippen LogP) is 4.07. The molecule has 108 valence electrons. The minimum absolute atomic E-state index is 0.281. The van der Waals surface area contributed by atoms with Crippen molar-refractivity contribution in [3.8, 4) is 5.75 Å². The molecule has 0 spiro atoms. The van der Waals surface area contributed by atoms with Crippen LogP contribution in [0.15, 0.2) is 18.2 Å². The van der Waals surface area contributed by atoms with Crippen LogP contribution in [0.25, 0.3) is 0 Å². The van der Waals surface area contributed by atoms with E-state index in [4.69, 9.17) is 10.5 Å². The van der Waals surface area contributed by atoms with Crippen LogP contribution in [0.4, 0.5) is 4.39 Å². The van der Waals surface area contributed by atoms with E-state index in [1.807, 2.05) is 6.07 Å². The number of unbranched alkanes of at least 4 members (excludes halogenated alkanes) is 5. The first-order valence-electron chi connectivity index (χ1n) is 7.39. The predicted molar refractivity (Wildman–Crippen MR) is 78.0 cm³/mol. The largest absolute Gasteiger partial charge is 0.491 e. The molecule has 3 heteroatoms. The molecule has 0 aliphatic heterocycles. The maximum atomic E-state index is 13.7. The Bertz CT molecular complexity index is 355. The van der Waals surface area contributed by atoms with Crippen molar-refractivity contribution in [1.82, 2.24) is 0 Å². The monoisotopic (exact) mass is 267 g/mol. The summed E-state index contributed by atoms with van der Waals surface area (Å²) in [7, 11) is 0. The van der Waals surface area contributed by atoms with Gasteiger partial charge in [0.15, 0.2) is 11.6 Å². The SMILES string of the molecule is CCCCCCCCOc1ccc(CCN)cc1F. The third kappa shape index (κ3) is 6.58. The molecule has 0 atom stereocenters. The highest BCUT2D eigenvalue weighted by atomic mass is 19.1. The van der Waals surface area contributed by atoms with Crippen LogP contribution in [0.3, 0.4) is 0 Å². The van der Waals surface area contributed by atoms with Crippen LogP contribution in [0.1, 0.15) is 51.0 Å². The topological polar surface area (TPSA) is 35.2 Å². The minimum Gasteiger partial charge on any atom is -0.491 e. The third-order valence-corrected chi connectivity index (χ3v) is 3.18. The Balaban J connectivity index is 2.22. The summed E-state index contributed by atoms with van der Waals surface area (Å²) in [5.74, 6) is 0.0752. The van der Waals surface area contributed by atoms with Gasteiger partial charge in [0.05, 0.1) is 6.61 Å². The molecule has 0 bridgehead atoms. The fraction of sp³-hybridized carbons (Fsp3) is 0.625. The molecule has 0 unspecified atom stereocenters. The van der Waals surface area contributed by atoms with Gasteiger partial charge in [0.2, 0.25) is 0 Å². The van der Waals surface area contributed by atoms with E-state index in [-0.39, 0.29) is 5.82 Å². The van der Waals surface area contributed by atoms with E-state index in [9.17, 15) is 4.39 Å². The van der Waals surface area contributed by atoms with E-state index >= 15 is 0 Å². The zero-order valence-corrected chi connectivity index (χ0v) is 12.0. The Morgan fingerprint density at radius 2 is 1.84 bits per heavy atom. The summed E-state index contributed by atoms with van der Waals surface area (Å²) in [6, 6.07) is 5.10. The van der Waals surface area contributed by atoms with Crippen LogP contribution in [-0.2, 0) is 6.42 Å². The first-order chi connectivity index (χ1) is 9.27. The van der Waals surface area contributed by atoms with E-state index in [1.165, 1.54) is 31.7 Å². The van der Waals surface area contributed by atoms with Crippen LogP contribution in [0.2, 0.25) is 0 Å². The molecular weight excluding hydrogens is 241 g/mol. The van der Waals surface area contributed by atoms with Crippen molar-refractivity contribution >= 4 is 0 Å². The quantitative estimate of drug-likeness (QED) is 0.649. The molecule has 0 aliphatic carbocycles. The lowest BCUT2D eigenvalue weighted by Gasteiger charge is -2.08. The summed E-state index contributed by atoms with van der Waals surface area (Å²) < 4.78 is 19.2. The third-order valence-electron chi connectivity index (χ3n) is 3.18. The molecular formula is C16H26FNO. The fourth-order valence-electron chi connectivity index (χ4n) is 2.05. The van der Waals surface area contributed by atoms with E-state index in [1.54, 1.807) is 6.07 Å². The molecule has 0 aliphatic rings. The van der Waals surface area contributed by atoms with Crippen molar-refractivity contribution in [1.29, 1.82) is 0 Å². The molecule has 0 amide bonds. The van der Waals surface area contributed by atoms with Gasteiger partial charge in [-0.25, -0.2) is 4.39 Å². The van der Waals surface area contributed by atoms with E-state index < -0.39 is 0 Å². The number of hydrogen-bond acceptors (Lipinski definition) is 2. The zero-order chi connectivity index (χ0) is 13.9. The van der Waals surface area contributed by atoms with Gasteiger partial charge in [-0.3, -0.25) is 0 Å². The highest BCUT2D eigenvalue weighted by Gasteiger charge is 2.04. The molecule has 2 N–H and O–H groups in total. The van der Waals surface area contributed by atoms with Gasteiger partial charge in [-0.15, -0.1) is 0 Å². The molecule has 0 fully saturated rings. The van der Waals surface area contributed by atoms with Gasteiger partial charge in [0.1, 0.15) is 0 Å². The highest BCUT2D eigenvalue weighted by Crippen LogP contribution is 2.19. The van der Waals surface area contributed by atoms with Gasteiger partial charge in [0, 0.05) is 0 Å². The summed E-state index contributed by atoms with van der Waals surface area (Å²) in [6.45, 7) is 3.34. The Hall–Kier alpha value is -1.09. The number of rotatable bonds is 10. The van der Waals surface area contributed by atoms with Crippen molar-refractivity contribution in [2.24, 2.45) is 5.73 Å². The summed E-state index contributed by atoms with van der Waals surface area (Å²) in [4.78, 5) is 0. The molecule has 0 saturated heterocycles. The van der Waals surface area contributed by atoms with E-state index in [0.29, 0.717) is 25.3 Å². The maximum absolute atomic E-state index is 13.7. The number of nitrogens with two attached hydrogens (primary N) is 1. The number of hydrogen-bond donors (Lipinski definition) is 1. The first kappa shape index (κ1) is 16.0. The first-order valence-corrected chi connectivity index (χ1v) is 7.39. The molecule has 1 aromatic rings. The van der Waals surface area contributed by atoms with Crippen molar-refractivity contribution in [3.05, 3.63) is 29.6 Å². The number of benzene rings is 1. The molecule has 2 nitrogen and oxygen atoms in total. The molecule has 0 heterocycles. The van der Waals surface area contributed by atoms with Gasteiger partial charge in [-0.2, -0.15) is 0 Å². The van der Waals surface area contributed by atoms with Gasteiger partial charge >= 0.3 is 0 Å². The van der Waals surface area contributed by atoms with Crippen molar-refractivity contribution in [2.75, 3.05) is 13.2 Å². The van der Waals surface area contributed by atoms with Crippen LogP contribution < -0.4 is 10.5 Å². The average molecular weight is 267 g/mol. The van der Waals surface area contributed by atoms with Crippen molar-refractivity contribution in [3.63, 3.8) is 0 Å². The Morgan fingerprint density at radius 3 is 2.53 bits per heavy atom. The Labute approximate surface area is 116 Å². The standard InChI is InChI=1S/C16H26FNO/c1-2-3-4-5-6-7-12-19-16-9-8-14(10-11-18)13-15(16)17/h8-9,13H,2-7,10-12,18H2,1H3. The smallest absolute Gasteiger partial charge is 0.165 e. The second-order valence-electron chi connectivity index (χ2n) is 4.92. The lowest BCUT2D eigenvalue weighted by Crippen LogP contribution is -2.04. The highest BCUT2D eigenvalue weighted by molar-refractivity contribution is 5.29. The molecule has 0 saturated carbocycles. The average Bonchev–Trinajstić information content (AvgIpc) is 2.40. The second-order valence-corrected chi connectivity index (χ2v) is 4.92. The van der Waals surface area contributed by atoms with Crippen LogP contribution in [-0.4, -0.2) is 13.2 Å². The van der Waals surface area contributed by atoms with E-state index in [0.717, 1.165) is 18.4 Å². The summed E-state index contributed by atoms with van der Waals surface area (Å²) in [5, 5.41) is 0. The van der Waals surface area contributed by atoms with Gasteiger partial charge in [-0.05, 0) is 37.1 Å². The Kier molecular flexibility index (Phi) is 8.23. The Morgan fingerprint density at radius 1 is 1.11 bits per heavy atom. The normalized spacial score (nSPS) is 10.7. The minimum atomic E-state index is -0.281. The van der Waals surface area contributed by atoms with Gasteiger partial charge < -0.3 is 10.5 Å². The van der Waals surface area contributed by atoms with Crippen LogP contribution in [0.5, 0.6) is 5.75 Å². The second kappa shape index (κ2) is 9.79. The summed E-state index contributed by atoms with van der Waals surface area (Å²) in [5.41, 5.74) is 6.37. The van der Waals surface area contributed by atoms with E-state index in [2.05, 4.69) is 6.92 Å². The zero-order valence-electron chi connectivity index (χ0n) is 12.0. The fourth-order valence-corrected chi connectivity index (χ4v) is 2.05. The molecule has 0 aromatic heterocycles. The number of ether oxygens (including phenoxy) is 1. The lowest BCUT2D eigenvalue weighted by molar-refractivity contribution is 0.290. The van der Waals surface area contributed by atoms with Crippen molar-refractivity contribution < 1.29 is 9.13 Å². The molecule has 1 aromatic carbocycles.